The lowest BCUT2D eigenvalue weighted by atomic mass is 10.1. The van der Waals surface area contributed by atoms with Crippen LogP contribution in [0.25, 0.3) is 21.2 Å². The Morgan fingerprint density at radius 3 is 2.58 bits per heavy atom. The van der Waals surface area contributed by atoms with Gasteiger partial charge in [-0.3, -0.25) is 9.69 Å². The van der Waals surface area contributed by atoms with Crippen LogP contribution in [0.5, 0.6) is 5.88 Å². The maximum absolute atomic E-state index is 13.0. The van der Waals surface area contributed by atoms with Crippen LogP contribution in [0.2, 0.25) is 0 Å². The average molecular weight is 532 g/mol. The molecule has 0 aliphatic carbocycles. The van der Waals surface area contributed by atoms with Crippen LogP contribution in [0.4, 0.5) is 0 Å². The molecule has 0 spiro atoms. The van der Waals surface area contributed by atoms with Crippen molar-refractivity contribution in [1.82, 2.24) is 14.5 Å². The summed E-state index contributed by atoms with van der Waals surface area (Å²) < 4.78 is 32.0. The van der Waals surface area contributed by atoms with E-state index in [0.717, 1.165) is 40.1 Å². The van der Waals surface area contributed by atoms with Gasteiger partial charge in [-0.25, -0.2) is 13.4 Å². The van der Waals surface area contributed by atoms with Crippen molar-refractivity contribution >= 4 is 31.3 Å². The van der Waals surface area contributed by atoms with Gasteiger partial charge in [0, 0.05) is 65.1 Å². The van der Waals surface area contributed by atoms with Gasteiger partial charge in [0.15, 0.2) is 0 Å². The van der Waals surface area contributed by atoms with Gasteiger partial charge in [0.25, 0.3) is 5.56 Å². The third-order valence-electron chi connectivity index (χ3n) is 6.61. The van der Waals surface area contributed by atoms with E-state index in [1.807, 2.05) is 37.4 Å². The minimum atomic E-state index is -3.08. The number of fused-ring (bicyclic) bond motifs is 1. The molecule has 7 nitrogen and oxygen atoms in total. The molecule has 0 aromatic carbocycles. The van der Waals surface area contributed by atoms with Gasteiger partial charge >= 0.3 is 0 Å². The number of rotatable bonds is 13. The lowest BCUT2D eigenvalue weighted by molar-refractivity contribution is 0.210. The summed E-state index contributed by atoms with van der Waals surface area (Å²) in [5.41, 5.74) is 1.85. The Kier molecular flexibility index (Phi) is 9.49. The fourth-order valence-electron chi connectivity index (χ4n) is 4.62. The van der Waals surface area contributed by atoms with Crippen molar-refractivity contribution < 1.29 is 13.2 Å². The number of sulfone groups is 1. The number of methoxy groups -OCH3 is 1. The minimum Gasteiger partial charge on any atom is -0.481 e. The molecule has 196 valence electrons. The van der Waals surface area contributed by atoms with Crippen LogP contribution in [0.15, 0.2) is 48.0 Å². The first-order chi connectivity index (χ1) is 17.1. The van der Waals surface area contributed by atoms with Crippen LogP contribution in [0.1, 0.15) is 44.4 Å². The molecule has 0 amide bonds. The lowest BCUT2D eigenvalue weighted by Gasteiger charge is -2.30. The minimum absolute atomic E-state index is 0.0287. The summed E-state index contributed by atoms with van der Waals surface area (Å²) in [6.45, 7) is 9.63. The Balaban J connectivity index is 1.94. The summed E-state index contributed by atoms with van der Waals surface area (Å²) >= 11 is 1.62. The van der Waals surface area contributed by atoms with Crippen molar-refractivity contribution in [3.63, 3.8) is 0 Å². The largest absolute Gasteiger partial charge is 0.481 e. The molecule has 0 aliphatic rings. The number of ether oxygens (including phenoxy) is 1. The number of aromatic nitrogens is 2. The van der Waals surface area contributed by atoms with E-state index in [1.54, 1.807) is 36.3 Å². The summed E-state index contributed by atoms with van der Waals surface area (Å²) in [6, 6.07) is 5.82. The van der Waals surface area contributed by atoms with Crippen molar-refractivity contribution in [2.45, 2.75) is 57.4 Å². The first-order valence-electron chi connectivity index (χ1n) is 12.3. The molecule has 9 heteroatoms. The smallest absolute Gasteiger partial charge is 0.259 e. The van der Waals surface area contributed by atoms with Gasteiger partial charge in [0.2, 0.25) is 5.88 Å². The van der Waals surface area contributed by atoms with E-state index in [1.165, 1.54) is 6.26 Å². The molecule has 36 heavy (non-hydrogen) atoms. The zero-order chi connectivity index (χ0) is 26.5. The summed E-state index contributed by atoms with van der Waals surface area (Å²) in [5, 5.41) is 0.358. The molecule has 0 aliphatic heterocycles. The number of nitrogens with zero attached hydrogens (tertiary/aromatic N) is 3. The zero-order valence-electron chi connectivity index (χ0n) is 21.9. The third-order valence-corrected chi connectivity index (χ3v) is 9.55. The number of thiophene rings is 1. The average Bonchev–Trinajstić information content (AvgIpc) is 3.27. The van der Waals surface area contributed by atoms with E-state index >= 15 is 0 Å². The van der Waals surface area contributed by atoms with Gasteiger partial charge < -0.3 is 9.30 Å². The highest BCUT2D eigenvalue weighted by Crippen LogP contribution is 2.34. The monoisotopic (exact) mass is 531 g/mol. The van der Waals surface area contributed by atoms with E-state index in [0.29, 0.717) is 30.7 Å². The number of hydrogen-bond acceptors (Lipinski definition) is 7. The van der Waals surface area contributed by atoms with Crippen LogP contribution in [0, 0.1) is 0 Å². The molecule has 0 N–H and O–H groups in total. The highest BCUT2D eigenvalue weighted by atomic mass is 32.2. The topological polar surface area (TPSA) is 81.5 Å². The fourth-order valence-corrected chi connectivity index (χ4v) is 7.00. The Morgan fingerprint density at radius 2 is 2.03 bits per heavy atom. The molecular formula is C27H37N3O4S2. The second-order valence-electron chi connectivity index (χ2n) is 9.21. The Labute approximate surface area is 218 Å². The second-order valence-corrected chi connectivity index (χ2v) is 12.7. The quantitative estimate of drug-likeness (QED) is 0.288. The van der Waals surface area contributed by atoms with Crippen molar-refractivity contribution in [2.24, 2.45) is 7.05 Å². The van der Waals surface area contributed by atoms with E-state index in [2.05, 4.69) is 23.4 Å². The van der Waals surface area contributed by atoms with Gasteiger partial charge in [0.1, 0.15) is 9.84 Å². The van der Waals surface area contributed by atoms with Gasteiger partial charge in [-0.2, -0.15) is 0 Å². The molecule has 0 saturated carbocycles. The van der Waals surface area contributed by atoms with Gasteiger partial charge in [-0.05, 0) is 44.4 Å². The molecule has 0 bridgehead atoms. The van der Waals surface area contributed by atoms with E-state index in [-0.39, 0.29) is 16.9 Å². The number of pyridine rings is 2. The second kappa shape index (κ2) is 12.2. The van der Waals surface area contributed by atoms with Gasteiger partial charge in [0.05, 0.1) is 17.7 Å². The lowest BCUT2D eigenvalue weighted by Crippen LogP contribution is -2.35. The normalized spacial score (nSPS) is 13.7. The first-order valence-corrected chi connectivity index (χ1v) is 15.1. The van der Waals surface area contributed by atoms with Gasteiger partial charge in [-0.15, -0.1) is 17.9 Å². The molecule has 0 radical (unpaired) electrons. The molecule has 3 aromatic heterocycles. The third kappa shape index (κ3) is 6.44. The van der Waals surface area contributed by atoms with Crippen LogP contribution >= 0.6 is 11.3 Å². The highest BCUT2D eigenvalue weighted by Gasteiger charge is 2.23. The van der Waals surface area contributed by atoms with Crippen LogP contribution in [0.3, 0.4) is 0 Å². The molecule has 2 atom stereocenters. The molecular weight excluding hydrogens is 494 g/mol. The van der Waals surface area contributed by atoms with Crippen molar-refractivity contribution in [1.29, 1.82) is 0 Å². The molecule has 3 heterocycles. The van der Waals surface area contributed by atoms with Crippen LogP contribution in [-0.4, -0.2) is 54.1 Å². The standard InChI is InChI=1S/C27H37N3O4S2/c1-7-14-30(20(8-2)11-12-22(9-3)36(6,32)33)17-21-15-23-26(35-21)24(18-29(4)27(23)31)19-10-13-25(34-5)28-16-19/h8,10,13,15-16,18,20,22H,2,7,9,11-12,14,17H2,1,3-6H3. The van der Waals surface area contributed by atoms with Crippen molar-refractivity contribution in [3.8, 4) is 17.0 Å². The summed E-state index contributed by atoms with van der Waals surface area (Å²) in [6.07, 6.45) is 9.77. The molecule has 0 saturated heterocycles. The molecule has 3 aromatic rings. The number of aryl methyl sites for hydroxylation is 1. The predicted octanol–water partition coefficient (Wildman–Crippen LogP) is 5.04. The summed E-state index contributed by atoms with van der Waals surface area (Å²) in [4.78, 5) is 20.7. The molecule has 2 unspecified atom stereocenters. The molecule has 0 fully saturated rings. The van der Waals surface area contributed by atoms with Gasteiger partial charge in [-0.1, -0.05) is 19.9 Å². The zero-order valence-corrected chi connectivity index (χ0v) is 23.5. The van der Waals surface area contributed by atoms with Crippen molar-refractivity contribution in [2.75, 3.05) is 19.9 Å². The Hall–Kier alpha value is -2.49. The Bertz CT molecular complexity index is 1340. The highest BCUT2D eigenvalue weighted by molar-refractivity contribution is 7.91. The van der Waals surface area contributed by atoms with E-state index < -0.39 is 9.84 Å². The van der Waals surface area contributed by atoms with Crippen LogP contribution < -0.4 is 10.3 Å². The Morgan fingerprint density at radius 1 is 1.28 bits per heavy atom. The molecule has 3 rings (SSSR count). The van der Waals surface area contributed by atoms with E-state index in [4.69, 9.17) is 4.74 Å². The number of hydrogen-bond donors (Lipinski definition) is 0. The summed E-state index contributed by atoms with van der Waals surface area (Å²) in [7, 11) is 0.272. The first kappa shape index (κ1) is 28.1. The maximum Gasteiger partial charge on any atom is 0.259 e. The van der Waals surface area contributed by atoms with Crippen molar-refractivity contribution in [3.05, 3.63) is 58.5 Å². The summed E-state index contributed by atoms with van der Waals surface area (Å²) in [5.74, 6) is 0.540. The van der Waals surface area contributed by atoms with E-state index in [9.17, 15) is 13.2 Å². The fraction of sp³-hybridized carbons (Fsp3) is 0.481. The maximum atomic E-state index is 13.0. The predicted molar refractivity (Wildman–Crippen MR) is 150 cm³/mol. The SMILES string of the molecule is C=CC(CCC(CC)S(C)(=O)=O)N(CCC)Cc1cc2c(=O)n(C)cc(-c3ccc(OC)nc3)c2s1. The van der Waals surface area contributed by atoms with Crippen LogP contribution in [-0.2, 0) is 23.4 Å².